The van der Waals surface area contributed by atoms with Crippen LogP contribution in [0.4, 0.5) is 0 Å². The van der Waals surface area contributed by atoms with Gasteiger partial charge in [0.15, 0.2) is 0 Å². The van der Waals surface area contributed by atoms with Crippen LogP contribution in [0.1, 0.15) is 30.1 Å². The number of benzene rings is 1. The third-order valence-electron chi connectivity index (χ3n) is 4.57. The van der Waals surface area contributed by atoms with Crippen molar-refractivity contribution in [3.05, 3.63) is 46.1 Å². The van der Waals surface area contributed by atoms with Gasteiger partial charge in [-0.25, -0.2) is 0 Å². The maximum Gasteiger partial charge on any atom is 0.254 e. The van der Waals surface area contributed by atoms with Gasteiger partial charge in [0.05, 0.1) is 5.56 Å². The number of halogens is 2. The third kappa shape index (κ3) is 3.77. The van der Waals surface area contributed by atoms with Crippen molar-refractivity contribution in [1.29, 1.82) is 0 Å². The van der Waals surface area contributed by atoms with Gasteiger partial charge in [0.1, 0.15) is 5.15 Å². The summed E-state index contributed by atoms with van der Waals surface area (Å²) < 4.78 is 0. The largest absolute Gasteiger partial charge is 0.350 e. The molecule has 2 N–H and O–H groups in total. The van der Waals surface area contributed by atoms with Crippen LogP contribution in [-0.2, 0) is 0 Å². The summed E-state index contributed by atoms with van der Waals surface area (Å²) in [5.74, 6) is -0.139. The van der Waals surface area contributed by atoms with Crippen molar-refractivity contribution in [1.82, 2.24) is 15.2 Å². The average molecular weight is 366 g/mol. The van der Waals surface area contributed by atoms with Crippen molar-refractivity contribution < 1.29 is 4.79 Å². The number of nitrogens with one attached hydrogen (secondary N) is 2. The number of carbonyl (C=O) groups excluding carboxylic acids is 1. The Kier molecular flexibility index (Phi) is 5.49. The van der Waals surface area contributed by atoms with Crippen molar-refractivity contribution in [2.45, 2.75) is 25.8 Å². The highest BCUT2D eigenvalue weighted by Crippen LogP contribution is 2.26. The second-order valence-electron chi connectivity index (χ2n) is 6.05. The van der Waals surface area contributed by atoms with Crippen molar-refractivity contribution in [3.63, 3.8) is 0 Å². The van der Waals surface area contributed by atoms with Crippen LogP contribution in [0.15, 0.2) is 30.3 Å². The van der Waals surface area contributed by atoms with E-state index in [2.05, 4.69) is 22.1 Å². The number of likely N-dealkylation sites (tertiary alicyclic amines) is 1. The summed E-state index contributed by atoms with van der Waals surface area (Å²) in [5.41, 5.74) is 2.22. The molecule has 0 radical (unpaired) electrons. The molecule has 1 aromatic carbocycles. The first-order chi connectivity index (χ1) is 11.6. The van der Waals surface area contributed by atoms with Gasteiger partial charge in [0.25, 0.3) is 5.91 Å². The SMILES string of the molecule is CCN1CCCC1CNC(=O)c1cc(-c2ccc(Cl)cc2)[nH]c1Cl. The number of nitrogens with zero attached hydrogens (tertiary/aromatic N) is 1. The molecule has 1 unspecified atom stereocenters. The minimum atomic E-state index is -0.139. The van der Waals surface area contributed by atoms with E-state index >= 15 is 0 Å². The lowest BCUT2D eigenvalue weighted by atomic mass is 10.1. The molecule has 128 valence electrons. The van der Waals surface area contributed by atoms with Gasteiger partial charge in [-0.15, -0.1) is 0 Å². The minimum Gasteiger partial charge on any atom is -0.350 e. The molecule has 1 aliphatic rings. The van der Waals surface area contributed by atoms with E-state index in [-0.39, 0.29) is 5.91 Å². The van der Waals surface area contributed by atoms with Crippen molar-refractivity contribution in [2.24, 2.45) is 0 Å². The van der Waals surface area contributed by atoms with E-state index in [9.17, 15) is 4.79 Å². The van der Waals surface area contributed by atoms with Gasteiger partial charge in [-0.05, 0) is 49.7 Å². The molecule has 0 bridgehead atoms. The number of aromatic nitrogens is 1. The lowest BCUT2D eigenvalue weighted by Gasteiger charge is -2.22. The average Bonchev–Trinajstić information content (AvgIpc) is 3.19. The fourth-order valence-electron chi connectivity index (χ4n) is 3.23. The topological polar surface area (TPSA) is 48.1 Å². The fraction of sp³-hybridized carbons (Fsp3) is 0.389. The first-order valence-corrected chi connectivity index (χ1v) is 9.00. The van der Waals surface area contributed by atoms with Gasteiger partial charge in [-0.3, -0.25) is 9.69 Å². The van der Waals surface area contributed by atoms with Gasteiger partial charge in [0.2, 0.25) is 0 Å². The van der Waals surface area contributed by atoms with E-state index < -0.39 is 0 Å². The number of hydrogen-bond acceptors (Lipinski definition) is 2. The molecule has 1 fully saturated rings. The molecule has 1 saturated heterocycles. The fourth-order valence-corrected chi connectivity index (χ4v) is 3.60. The van der Waals surface area contributed by atoms with Crippen LogP contribution in [0.3, 0.4) is 0 Å². The molecule has 4 nitrogen and oxygen atoms in total. The van der Waals surface area contributed by atoms with Crippen molar-refractivity contribution in [3.8, 4) is 11.3 Å². The molecule has 2 heterocycles. The highest BCUT2D eigenvalue weighted by Gasteiger charge is 2.24. The summed E-state index contributed by atoms with van der Waals surface area (Å²) in [6.07, 6.45) is 2.32. The quantitative estimate of drug-likeness (QED) is 0.833. The monoisotopic (exact) mass is 365 g/mol. The van der Waals surface area contributed by atoms with E-state index in [0.29, 0.717) is 28.3 Å². The number of hydrogen-bond donors (Lipinski definition) is 2. The smallest absolute Gasteiger partial charge is 0.254 e. The van der Waals surface area contributed by atoms with Gasteiger partial charge >= 0.3 is 0 Å². The molecule has 1 atom stereocenters. The molecule has 24 heavy (non-hydrogen) atoms. The standard InChI is InChI=1S/C18H21Cl2N3O/c1-2-23-9-3-4-14(23)11-21-18(24)15-10-16(22-17(15)20)12-5-7-13(19)8-6-12/h5-8,10,14,22H,2-4,9,11H2,1H3,(H,21,24). The van der Waals surface area contributed by atoms with Crippen LogP contribution >= 0.6 is 23.2 Å². The van der Waals surface area contributed by atoms with Gasteiger partial charge in [-0.2, -0.15) is 0 Å². The summed E-state index contributed by atoms with van der Waals surface area (Å²) in [6, 6.07) is 9.61. The predicted octanol–water partition coefficient (Wildman–Crippen LogP) is 4.20. The summed E-state index contributed by atoms with van der Waals surface area (Å²) in [7, 11) is 0. The number of amides is 1. The number of aromatic amines is 1. The molecule has 0 spiro atoms. The summed E-state index contributed by atoms with van der Waals surface area (Å²) >= 11 is 12.1. The number of likely N-dealkylation sites (N-methyl/N-ethyl adjacent to an activating group) is 1. The molecule has 1 aromatic heterocycles. The number of carbonyl (C=O) groups is 1. The zero-order valence-electron chi connectivity index (χ0n) is 13.6. The highest BCUT2D eigenvalue weighted by molar-refractivity contribution is 6.33. The molecule has 2 aromatic rings. The lowest BCUT2D eigenvalue weighted by molar-refractivity contribution is 0.0941. The Morgan fingerprint density at radius 2 is 2.08 bits per heavy atom. The van der Waals surface area contributed by atoms with Crippen LogP contribution < -0.4 is 5.32 Å². The first kappa shape index (κ1) is 17.3. The molecule has 1 aliphatic heterocycles. The summed E-state index contributed by atoms with van der Waals surface area (Å²) in [6.45, 7) is 4.95. The van der Waals surface area contributed by atoms with Gasteiger partial charge in [0, 0.05) is 23.3 Å². The van der Waals surface area contributed by atoms with Gasteiger partial charge < -0.3 is 10.3 Å². The first-order valence-electron chi connectivity index (χ1n) is 8.25. The van der Waals surface area contributed by atoms with E-state index in [1.807, 2.05) is 24.3 Å². The summed E-state index contributed by atoms with van der Waals surface area (Å²) in [5, 5.41) is 4.04. The number of H-pyrrole nitrogens is 1. The lowest BCUT2D eigenvalue weighted by Crippen LogP contribution is -2.40. The second-order valence-corrected chi connectivity index (χ2v) is 6.87. The molecular weight excluding hydrogens is 345 g/mol. The molecule has 3 rings (SSSR count). The van der Waals surface area contributed by atoms with Crippen LogP contribution in [0.25, 0.3) is 11.3 Å². The summed E-state index contributed by atoms with van der Waals surface area (Å²) in [4.78, 5) is 17.9. The second kappa shape index (κ2) is 7.60. The Balaban J connectivity index is 1.68. The third-order valence-corrected chi connectivity index (χ3v) is 5.12. The normalized spacial score (nSPS) is 18.0. The molecule has 1 amide bonds. The Labute approximate surface area is 152 Å². The molecule has 0 saturated carbocycles. The van der Waals surface area contributed by atoms with Gasteiger partial charge in [-0.1, -0.05) is 42.3 Å². The Bertz CT molecular complexity index is 712. The Morgan fingerprint density at radius 1 is 1.33 bits per heavy atom. The molecule has 0 aliphatic carbocycles. The van der Waals surface area contributed by atoms with Crippen LogP contribution in [0, 0.1) is 0 Å². The maximum atomic E-state index is 12.5. The van der Waals surface area contributed by atoms with Crippen LogP contribution in [0.5, 0.6) is 0 Å². The zero-order chi connectivity index (χ0) is 17.1. The highest BCUT2D eigenvalue weighted by atomic mass is 35.5. The van der Waals surface area contributed by atoms with E-state index in [0.717, 1.165) is 30.8 Å². The number of rotatable bonds is 5. The van der Waals surface area contributed by atoms with E-state index in [4.69, 9.17) is 23.2 Å². The molecule has 6 heteroatoms. The van der Waals surface area contributed by atoms with E-state index in [1.54, 1.807) is 6.07 Å². The van der Waals surface area contributed by atoms with Crippen molar-refractivity contribution in [2.75, 3.05) is 19.6 Å². The van der Waals surface area contributed by atoms with Crippen LogP contribution in [0.2, 0.25) is 10.2 Å². The van der Waals surface area contributed by atoms with Crippen LogP contribution in [-0.4, -0.2) is 41.5 Å². The van der Waals surface area contributed by atoms with Crippen molar-refractivity contribution >= 4 is 29.1 Å². The minimum absolute atomic E-state index is 0.139. The van der Waals surface area contributed by atoms with E-state index in [1.165, 1.54) is 6.42 Å². The Hall–Kier alpha value is -1.49. The Morgan fingerprint density at radius 3 is 2.79 bits per heavy atom. The zero-order valence-corrected chi connectivity index (χ0v) is 15.1. The molecular formula is C18H21Cl2N3O. The predicted molar refractivity (Wildman–Crippen MR) is 98.9 cm³/mol. The maximum absolute atomic E-state index is 12.5.